The maximum atomic E-state index is 12.2. The summed E-state index contributed by atoms with van der Waals surface area (Å²) in [5.74, 6) is -1.05. The molecule has 0 aliphatic carbocycles. The van der Waals surface area contributed by atoms with E-state index in [-0.39, 0.29) is 23.8 Å². The maximum Gasteiger partial charge on any atom is 0.355 e. The second-order valence-corrected chi connectivity index (χ2v) is 6.69. The summed E-state index contributed by atoms with van der Waals surface area (Å²) in [6.07, 6.45) is 0. The van der Waals surface area contributed by atoms with E-state index in [1.807, 2.05) is 0 Å². The molecule has 1 aromatic heterocycles. The molecule has 0 saturated carbocycles. The zero-order chi connectivity index (χ0) is 15.6. The number of aromatic nitrogens is 1. The van der Waals surface area contributed by atoms with Crippen molar-refractivity contribution in [3.05, 3.63) is 16.1 Å². The van der Waals surface area contributed by atoms with Crippen molar-refractivity contribution in [2.24, 2.45) is 0 Å². The van der Waals surface area contributed by atoms with Crippen LogP contribution in [0.25, 0.3) is 0 Å². The van der Waals surface area contributed by atoms with Crippen LogP contribution in [0.4, 0.5) is 4.79 Å². The van der Waals surface area contributed by atoms with Gasteiger partial charge in [-0.15, -0.1) is 11.3 Å². The molecule has 0 aromatic carbocycles. The quantitative estimate of drug-likeness (QED) is 0.872. The number of carbonyl (C=O) groups excluding carboxylic acids is 1. The highest BCUT2D eigenvalue weighted by atomic mass is 32.1. The largest absolute Gasteiger partial charge is 0.476 e. The first-order valence-corrected chi connectivity index (χ1v) is 7.59. The normalized spacial score (nSPS) is 18.5. The molecule has 1 fully saturated rings. The second kappa shape index (κ2) is 5.98. The van der Waals surface area contributed by atoms with E-state index in [4.69, 9.17) is 5.11 Å². The highest BCUT2D eigenvalue weighted by Crippen LogP contribution is 2.18. The van der Waals surface area contributed by atoms with E-state index in [2.05, 4.69) is 36.1 Å². The molecule has 1 aromatic rings. The monoisotopic (exact) mass is 312 g/mol. The number of aromatic carboxylic acids is 1. The Balaban J connectivity index is 1.88. The van der Waals surface area contributed by atoms with E-state index in [9.17, 15) is 9.59 Å². The Kier molecular flexibility index (Phi) is 4.48. The summed E-state index contributed by atoms with van der Waals surface area (Å²) in [5.41, 5.74) is -0.0299. The first-order chi connectivity index (χ1) is 9.79. The average molecular weight is 312 g/mol. The number of carbonyl (C=O) groups is 2. The number of rotatable bonds is 3. The first-order valence-electron chi connectivity index (χ1n) is 6.71. The molecule has 1 saturated heterocycles. The van der Waals surface area contributed by atoms with Crippen LogP contribution in [-0.2, 0) is 6.54 Å². The first kappa shape index (κ1) is 15.7. The van der Waals surface area contributed by atoms with Crippen LogP contribution >= 0.6 is 11.3 Å². The number of carboxylic acids is 1. The molecule has 2 amide bonds. The standard InChI is InChI=1S/C13H20N4O3S/c1-13(2)8-17(5-4-16(13)3)12(20)14-6-10-15-9(7-21-10)11(18)19/h7H,4-6,8H2,1-3H3,(H,14,20)(H,18,19). The van der Waals surface area contributed by atoms with E-state index >= 15 is 0 Å². The van der Waals surface area contributed by atoms with Gasteiger partial charge in [0.05, 0.1) is 6.54 Å². The molecule has 0 unspecified atom stereocenters. The van der Waals surface area contributed by atoms with Crippen LogP contribution in [0, 0.1) is 0 Å². The second-order valence-electron chi connectivity index (χ2n) is 5.75. The summed E-state index contributed by atoms with van der Waals surface area (Å²) in [6.45, 7) is 6.64. The van der Waals surface area contributed by atoms with Crippen molar-refractivity contribution in [2.75, 3.05) is 26.7 Å². The van der Waals surface area contributed by atoms with Crippen molar-refractivity contribution in [1.29, 1.82) is 0 Å². The Morgan fingerprint density at radius 1 is 1.48 bits per heavy atom. The lowest BCUT2D eigenvalue weighted by Gasteiger charge is -2.45. The predicted molar refractivity (Wildman–Crippen MR) is 79.6 cm³/mol. The van der Waals surface area contributed by atoms with Crippen LogP contribution in [0.5, 0.6) is 0 Å². The summed E-state index contributed by atoms with van der Waals surface area (Å²) in [7, 11) is 2.05. The molecule has 0 atom stereocenters. The third-order valence-electron chi connectivity index (χ3n) is 3.77. The summed E-state index contributed by atoms with van der Waals surface area (Å²) in [5, 5.41) is 13.7. The molecule has 21 heavy (non-hydrogen) atoms. The number of hydrogen-bond acceptors (Lipinski definition) is 5. The number of hydrogen-bond donors (Lipinski definition) is 2. The molecule has 116 valence electrons. The molecule has 0 spiro atoms. The van der Waals surface area contributed by atoms with Gasteiger partial charge in [0.2, 0.25) is 0 Å². The van der Waals surface area contributed by atoms with Crippen LogP contribution in [0.3, 0.4) is 0 Å². The van der Waals surface area contributed by atoms with Gasteiger partial charge in [0.15, 0.2) is 5.69 Å². The minimum atomic E-state index is -1.05. The molecule has 8 heteroatoms. The smallest absolute Gasteiger partial charge is 0.355 e. The van der Waals surface area contributed by atoms with E-state index in [1.54, 1.807) is 4.90 Å². The van der Waals surface area contributed by atoms with Crippen molar-refractivity contribution in [3.8, 4) is 0 Å². The molecule has 1 aliphatic rings. The van der Waals surface area contributed by atoms with Crippen molar-refractivity contribution >= 4 is 23.3 Å². The van der Waals surface area contributed by atoms with Gasteiger partial charge in [-0.2, -0.15) is 0 Å². The molecule has 2 heterocycles. The highest BCUT2D eigenvalue weighted by Gasteiger charge is 2.33. The van der Waals surface area contributed by atoms with Crippen LogP contribution < -0.4 is 5.32 Å². The van der Waals surface area contributed by atoms with Gasteiger partial charge in [0.1, 0.15) is 5.01 Å². The fourth-order valence-corrected chi connectivity index (χ4v) is 2.87. The third-order valence-corrected chi connectivity index (χ3v) is 4.61. The number of piperazine rings is 1. The van der Waals surface area contributed by atoms with Gasteiger partial charge < -0.3 is 15.3 Å². The number of carboxylic acid groups (broad SMARTS) is 1. The van der Waals surface area contributed by atoms with Gasteiger partial charge in [-0.05, 0) is 20.9 Å². The van der Waals surface area contributed by atoms with Gasteiger partial charge in [0.25, 0.3) is 0 Å². The van der Waals surface area contributed by atoms with E-state index < -0.39 is 5.97 Å². The van der Waals surface area contributed by atoms with Crippen LogP contribution in [0.2, 0.25) is 0 Å². The maximum absolute atomic E-state index is 12.2. The Morgan fingerprint density at radius 3 is 2.76 bits per heavy atom. The lowest BCUT2D eigenvalue weighted by molar-refractivity contribution is 0.0570. The van der Waals surface area contributed by atoms with E-state index in [0.717, 1.165) is 6.54 Å². The van der Waals surface area contributed by atoms with Crippen LogP contribution in [0.1, 0.15) is 29.3 Å². The van der Waals surface area contributed by atoms with Crippen molar-refractivity contribution in [3.63, 3.8) is 0 Å². The Hall–Kier alpha value is -1.67. The molecule has 0 radical (unpaired) electrons. The SMILES string of the molecule is CN1CCN(C(=O)NCc2nc(C(=O)O)cs2)CC1(C)C. The number of amides is 2. The fourth-order valence-electron chi connectivity index (χ4n) is 2.17. The number of urea groups is 1. The summed E-state index contributed by atoms with van der Waals surface area (Å²) in [4.78, 5) is 30.9. The van der Waals surface area contributed by atoms with Gasteiger partial charge in [-0.1, -0.05) is 0 Å². The Bertz CT molecular complexity index is 543. The Morgan fingerprint density at radius 2 is 2.19 bits per heavy atom. The minimum Gasteiger partial charge on any atom is -0.476 e. The van der Waals surface area contributed by atoms with Crippen LogP contribution in [0.15, 0.2) is 5.38 Å². The number of thiazole rings is 1. The van der Waals surface area contributed by atoms with E-state index in [0.29, 0.717) is 18.1 Å². The number of nitrogens with one attached hydrogen (secondary N) is 1. The summed E-state index contributed by atoms with van der Waals surface area (Å²) in [6, 6.07) is -0.136. The lowest BCUT2D eigenvalue weighted by atomic mass is 10.0. The minimum absolute atomic E-state index is 0.0185. The third kappa shape index (κ3) is 3.70. The van der Waals surface area contributed by atoms with Crippen LogP contribution in [-0.4, -0.2) is 64.1 Å². The van der Waals surface area contributed by atoms with Crippen molar-refractivity contribution in [2.45, 2.75) is 25.9 Å². The predicted octanol–water partition coefficient (Wildman–Crippen LogP) is 1.08. The average Bonchev–Trinajstić information content (AvgIpc) is 2.88. The number of likely N-dealkylation sites (N-methyl/N-ethyl adjacent to an activating group) is 1. The van der Waals surface area contributed by atoms with Gasteiger partial charge in [-0.3, -0.25) is 4.90 Å². The van der Waals surface area contributed by atoms with Crippen molar-refractivity contribution in [1.82, 2.24) is 20.1 Å². The zero-order valence-corrected chi connectivity index (χ0v) is 13.2. The topological polar surface area (TPSA) is 85.8 Å². The summed E-state index contributed by atoms with van der Waals surface area (Å²) < 4.78 is 0. The molecule has 7 nitrogen and oxygen atoms in total. The molecule has 0 bridgehead atoms. The molecule has 1 aliphatic heterocycles. The fraction of sp³-hybridized carbons (Fsp3) is 0.615. The van der Waals surface area contributed by atoms with Gasteiger partial charge >= 0.3 is 12.0 Å². The van der Waals surface area contributed by atoms with Crippen molar-refractivity contribution < 1.29 is 14.7 Å². The molecular weight excluding hydrogens is 292 g/mol. The molecular formula is C13H20N4O3S. The van der Waals surface area contributed by atoms with E-state index in [1.165, 1.54) is 16.7 Å². The Labute approximate surface area is 127 Å². The zero-order valence-electron chi connectivity index (χ0n) is 12.4. The molecule has 2 N–H and O–H groups in total. The molecule has 2 rings (SSSR count). The lowest BCUT2D eigenvalue weighted by Crippen LogP contribution is -2.60. The summed E-state index contributed by atoms with van der Waals surface area (Å²) >= 11 is 1.23. The van der Waals surface area contributed by atoms with Gasteiger partial charge in [0, 0.05) is 30.6 Å². The highest BCUT2D eigenvalue weighted by molar-refractivity contribution is 7.09. The number of nitrogens with zero attached hydrogens (tertiary/aromatic N) is 3. The van der Waals surface area contributed by atoms with Gasteiger partial charge in [-0.25, -0.2) is 14.6 Å².